The van der Waals surface area contributed by atoms with Crippen molar-refractivity contribution in [1.82, 2.24) is 4.98 Å². The van der Waals surface area contributed by atoms with Crippen LogP contribution in [0.3, 0.4) is 0 Å². The van der Waals surface area contributed by atoms with E-state index in [0.29, 0.717) is 10.7 Å². The minimum absolute atomic E-state index is 0.0526. The van der Waals surface area contributed by atoms with Crippen molar-refractivity contribution in [1.29, 1.82) is 0 Å². The molecule has 1 amide bonds. The number of halogens is 1. The third kappa shape index (κ3) is 3.74. The molecule has 3 aromatic rings. The van der Waals surface area contributed by atoms with Crippen molar-refractivity contribution in [3.63, 3.8) is 0 Å². The minimum Gasteiger partial charge on any atom is -0.298 e. The molecule has 0 unspecified atom stereocenters. The fourth-order valence-corrected chi connectivity index (χ4v) is 3.61. The molecule has 1 N–H and O–H groups in total. The van der Waals surface area contributed by atoms with E-state index >= 15 is 0 Å². The first-order valence-corrected chi connectivity index (χ1v) is 8.84. The summed E-state index contributed by atoms with van der Waals surface area (Å²) in [6.45, 7) is 3.97. The highest BCUT2D eigenvalue weighted by Gasteiger charge is 2.12. The van der Waals surface area contributed by atoms with Gasteiger partial charge in [-0.15, -0.1) is 0 Å². The number of nitrogens with one attached hydrogen (secondary N) is 1. The van der Waals surface area contributed by atoms with Gasteiger partial charge in [-0.1, -0.05) is 41.1 Å². The van der Waals surface area contributed by atoms with Gasteiger partial charge in [0.1, 0.15) is 5.02 Å². The number of fused-ring (bicyclic) bond motifs is 1. The Bertz CT molecular complexity index is 1020. The predicted octanol–water partition coefficient (Wildman–Crippen LogP) is 5.13. The van der Waals surface area contributed by atoms with Crippen LogP contribution in [0, 0.1) is 24.0 Å². The lowest BCUT2D eigenvalue weighted by atomic mass is 10.1. The molecule has 0 aliphatic heterocycles. The van der Waals surface area contributed by atoms with Crippen LogP contribution in [-0.2, 0) is 4.79 Å². The summed E-state index contributed by atoms with van der Waals surface area (Å²) in [5.41, 5.74) is 3.33. The van der Waals surface area contributed by atoms with Crippen molar-refractivity contribution in [2.75, 3.05) is 5.32 Å². The summed E-state index contributed by atoms with van der Waals surface area (Å²) in [6.07, 6.45) is 2.79. The Morgan fingerprint density at radius 2 is 2.00 bits per heavy atom. The lowest BCUT2D eigenvalue weighted by Crippen LogP contribution is -2.07. The Balaban J connectivity index is 1.78. The third-order valence-electron chi connectivity index (χ3n) is 3.77. The van der Waals surface area contributed by atoms with E-state index in [1.165, 1.54) is 35.6 Å². The summed E-state index contributed by atoms with van der Waals surface area (Å²) in [5.74, 6) is -0.364. The number of nitro benzene ring substituents is 1. The second-order valence-electron chi connectivity index (χ2n) is 5.69. The summed E-state index contributed by atoms with van der Waals surface area (Å²) in [4.78, 5) is 26.9. The van der Waals surface area contributed by atoms with Crippen LogP contribution in [0.5, 0.6) is 0 Å². The molecule has 8 heteroatoms. The van der Waals surface area contributed by atoms with Crippen molar-refractivity contribution in [2.45, 2.75) is 13.8 Å². The van der Waals surface area contributed by atoms with E-state index in [2.05, 4.69) is 10.3 Å². The number of anilines is 1. The maximum absolute atomic E-state index is 12.1. The number of aromatic nitrogens is 1. The van der Waals surface area contributed by atoms with Crippen molar-refractivity contribution < 1.29 is 9.72 Å². The van der Waals surface area contributed by atoms with Gasteiger partial charge in [-0.25, -0.2) is 4.98 Å². The maximum atomic E-state index is 12.1. The van der Waals surface area contributed by atoms with Gasteiger partial charge in [0.15, 0.2) is 5.13 Å². The number of amides is 1. The number of benzene rings is 2. The Kier molecular flexibility index (Phi) is 5.01. The van der Waals surface area contributed by atoms with Crippen LogP contribution in [0.25, 0.3) is 16.3 Å². The van der Waals surface area contributed by atoms with Gasteiger partial charge in [0.25, 0.3) is 5.69 Å². The number of hydrogen-bond donors (Lipinski definition) is 1. The van der Waals surface area contributed by atoms with Crippen molar-refractivity contribution in [2.24, 2.45) is 0 Å². The lowest BCUT2D eigenvalue weighted by molar-refractivity contribution is -0.384. The van der Waals surface area contributed by atoms with Crippen LogP contribution in [0.4, 0.5) is 10.8 Å². The second kappa shape index (κ2) is 7.23. The van der Waals surface area contributed by atoms with Crippen LogP contribution in [0.15, 0.2) is 36.4 Å². The molecule has 0 bridgehead atoms. The van der Waals surface area contributed by atoms with E-state index in [1.54, 1.807) is 6.07 Å². The first kappa shape index (κ1) is 18.0. The largest absolute Gasteiger partial charge is 0.298 e. The molecule has 26 heavy (non-hydrogen) atoms. The number of carbonyl (C=O) groups is 1. The predicted molar refractivity (Wildman–Crippen MR) is 105 cm³/mol. The SMILES string of the molecule is Cc1ccc(C)c2sc(NC(=O)/C=C/c3ccc(Cl)c([N+](=O)[O-])c3)nc12. The van der Waals surface area contributed by atoms with E-state index < -0.39 is 4.92 Å². The fourth-order valence-electron chi connectivity index (χ4n) is 2.40. The zero-order valence-electron chi connectivity index (χ0n) is 13.9. The summed E-state index contributed by atoms with van der Waals surface area (Å²) < 4.78 is 1.04. The van der Waals surface area contributed by atoms with Crippen molar-refractivity contribution >= 4 is 56.0 Å². The van der Waals surface area contributed by atoms with Gasteiger partial charge in [-0.3, -0.25) is 20.2 Å². The fraction of sp³-hybridized carbons (Fsp3) is 0.111. The van der Waals surface area contributed by atoms with Crippen LogP contribution < -0.4 is 5.32 Å². The smallest absolute Gasteiger partial charge is 0.288 e. The first-order valence-electron chi connectivity index (χ1n) is 7.65. The Morgan fingerprint density at radius 1 is 1.27 bits per heavy atom. The average molecular weight is 388 g/mol. The molecule has 132 valence electrons. The first-order chi connectivity index (χ1) is 12.3. The third-order valence-corrected chi connectivity index (χ3v) is 5.19. The molecule has 0 spiro atoms. The molecule has 0 saturated heterocycles. The average Bonchev–Trinajstić information content (AvgIpc) is 3.02. The van der Waals surface area contributed by atoms with Gasteiger partial charge in [0.05, 0.1) is 15.1 Å². The monoisotopic (exact) mass is 387 g/mol. The number of aryl methyl sites for hydroxylation is 2. The standard InChI is InChI=1S/C18H14ClN3O3S/c1-10-3-4-11(2)17-16(10)21-18(26-17)20-15(23)8-6-12-5-7-13(19)14(9-12)22(24)25/h3-9H,1-2H3,(H,20,21,23)/b8-6+. The maximum Gasteiger partial charge on any atom is 0.288 e. The molecule has 3 rings (SSSR count). The summed E-state index contributed by atoms with van der Waals surface area (Å²) >= 11 is 7.19. The van der Waals surface area contributed by atoms with Crippen LogP contribution in [0.1, 0.15) is 16.7 Å². The van der Waals surface area contributed by atoms with Crippen molar-refractivity contribution in [3.05, 3.63) is 68.2 Å². The lowest BCUT2D eigenvalue weighted by Gasteiger charge is -1.98. The highest BCUT2D eigenvalue weighted by molar-refractivity contribution is 7.22. The Hall–Kier alpha value is -2.77. The van der Waals surface area contributed by atoms with Crippen LogP contribution in [-0.4, -0.2) is 15.8 Å². The van der Waals surface area contributed by atoms with Crippen molar-refractivity contribution in [3.8, 4) is 0 Å². The van der Waals surface area contributed by atoms with Crippen LogP contribution in [0.2, 0.25) is 5.02 Å². The van der Waals surface area contributed by atoms with Gasteiger partial charge in [-0.05, 0) is 42.7 Å². The van der Waals surface area contributed by atoms with E-state index in [4.69, 9.17) is 11.6 Å². The quantitative estimate of drug-likeness (QED) is 0.382. The summed E-state index contributed by atoms with van der Waals surface area (Å²) in [6, 6.07) is 8.36. The minimum atomic E-state index is -0.564. The summed E-state index contributed by atoms with van der Waals surface area (Å²) in [7, 11) is 0. The molecule has 0 atom stereocenters. The molecular weight excluding hydrogens is 374 g/mol. The van der Waals surface area contributed by atoms with Gasteiger partial charge >= 0.3 is 0 Å². The normalized spacial score (nSPS) is 11.2. The highest BCUT2D eigenvalue weighted by Crippen LogP contribution is 2.31. The number of nitro groups is 1. The van der Waals surface area contributed by atoms with E-state index in [0.717, 1.165) is 21.3 Å². The van der Waals surface area contributed by atoms with Gasteiger partial charge in [-0.2, -0.15) is 0 Å². The van der Waals surface area contributed by atoms with Crippen LogP contribution >= 0.6 is 22.9 Å². The van der Waals surface area contributed by atoms with E-state index in [9.17, 15) is 14.9 Å². The number of carbonyl (C=O) groups excluding carboxylic acids is 1. The molecule has 1 heterocycles. The molecule has 0 aliphatic rings. The molecule has 0 radical (unpaired) electrons. The zero-order chi connectivity index (χ0) is 18.8. The molecule has 0 saturated carbocycles. The zero-order valence-corrected chi connectivity index (χ0v) is 15.5. The van der Waals surface area contributed by atoms with Gasteiger partial charge in [0, 0.05) is 12.1 Å². The number of hydrogen-bond acceptors (Lipinski definition) is 5. The number of nitrogens with zero attached hydrogens (tertiary/aromatic N) is 2. The highest BCUT2D eigenvalue weighted by atomic mass is 35.5. The van der Waals surface area contributed by atoms with Gasteiger partial charge in [0.2, 0.25) is 5.91 Å². The Labute approximate surface area is 158 Å². The van der Waals surface area contributed by atoms with E-state index in [-0.39, 0.29) is 16.6 Å². The molecular formula is C18H14ClN3O3S. The van der Waals surface area contributed by atoms with Gasteiger partial charge < -0.3 is 0 Å². The Morgan fingerprint density at radius 3 is 2.69 bits per heavy atom. The second-order valence-corrected chi connectivity index (χ2v) is 7.09. The molecule has 0 aliphatic carbocycles. The molecule has 1 aromatic heterocycles. The number of thiazole rings is 1. The van der Waals surface area contributed by atoms with E-state index in [1.807, 2.05) is 26.0 Å². The number of rotatable bonds is 4. The molecule has 2 aromatic carbocycles. The summed E-state index contributed by atoms with van der Waals surface area (Å²) in [5, 5.41) is 14.2. The molecule has 6 nitrogen and oxygen atoms in total. The molecule has 0 fully saturated rings. The topological polar surface area (TPSA) is 85.1 Å².